The Morgan fingerprint density at radius 1 is 1.22 bits per heavy atom. The lowest BCUT2D eigenvalue weighted by Crippen LogP contribution is -2.14. The largest absolute Gasteiger partial charge is 0.494 e. The van der Waals surface area contributed by atoms with E-state index in [0.29, 0.717) is 27.8 Å². The van der Waals surface area contributed by atoms with Crippen LogP contribution in [0.4, 0.5) is 14.5 Å². The molecule has 0 aliphatic rings. The number of anilines is 1. The fourth-order valence-corrected chi connectivity index (χ4v) is 3.02. The van der Waals surface area contributed by atoms with Crippen LogP contribution < -0.4 is 10.1 Å². The Labute approximate surface area is 157 Å². The minimum Gasteiger partial charge on any atom is -0.494 e. The Morgan fingerprint density at radius 2 is 2.04 bits per heavy atom. The molecule has 0 radical (unpaired) electrons. The molecule has 0 fully saturated rings. The number of carbonyl (C=O) groups excluding carboxylic acids is 1. The van der Waals surface area contributed by atoms with E-state index >= 15 is 0 Å². The van der Waals surface area contributed by atoms with E-state index < -0.39 is 11.6 Å². The third-order valence-corrected chi connectivity index (χ3v) is 4.57. The quantitative estimate of drug-likeness (QED) is 0.651. The molecule has 1 aromatic heterocycles. The molecule has 3 rings (SSSR count). The smallest absolute Gasteiger partial charge is 0.234 e. The van der Waals surface area contributed by atoms with Crippen LogP contribution in [0.3, 0.4) is 0 Å². The van der Waals surface area contributed by atoms with Crippen molar-refractivity contribution >= 4 is 23.4 Å². The second kappa shape index (κ2) is 8.12. The summed E-state index contributed by atoms with van der Waals surface area (Å²) in [5.74, 6) is -1.03. The number of amides is 1. The molecule has 3 aromatic rings. The Balaban J connectivity index is 1.70. The first-order valence-electron chi connectivity index (χ1n) is 7.79. The summed E-state index contributed by atoms with van der Waals surface area (Å²) in [4.78, 5) is 12.6. The first-order valence-corrected chi connectivity index (χ1v) is 8.77. The van der Waals surface area contributed by atoms with Crippen LogP contribution in [0, 0.1) is 18.6 Å². The normalized spacial score (nSPS) is 10.7. The third-order valence-electron chi connectivity index (χ3n) is 3.58. The Hall–Kier alpha value is -3.01. The maximum absolute atomic E-state index is 13.2. The number of thioether (sulfide) groups is 1. The fraction of sp³-hybridized carbons (Fsp3) is 0.176. The lowest BCUT2D eigenvalue weighted by Gasteiger charge is -2.12. The van der Waals surface area contributed by atoms with E-state index in [1.165, 1.54) is 17.9 Å². The Bertz CT molecular complexity index is 980. The molecule has 1 N–H and O–H groups in total. The summed E-state index contributed by atoms with van der Waals surface area (Å²) in [7, 11) is 1.52. The molecule has 0 unspecified atom stereocenters. The Morgan fingerprint density at radius 3 is 2.70 bits per heavy atom. The number of methoxy groups -OCH3 is 1. The van der Waals surface area contributed by atoms with Crippen LogP contribution in [0.5, 0.6) is 5.75 Å². The first-order chi connectivity index (χ1) is 13.0. The van der Waals surface area contributed by atoms with Crippen molar-refractivity contribution < 1.29 is 18.3 Å². The maximum atomic E-state index is 13.2. The van der Waals surface area contributed by atoms with Gasteiger partial charge in [0.05, 0.1) is 12.9 Å². The monoisotopic (exact) mass is 391 g/mol. The number of rotatable bonds is 6. The number of carbonyl (C=O) groups is 1. The lowest BCUT2D eigenvalue weighted by molar-refractivity contribution is -0.113. The molecule has 0 saturated carbocycles. The van der Waals surface area contributed by atoms with Crippen LogP contribution in [0.25, 0.3) is 5.69 Å². The van der Waals surface area contributed by atoms with Crippen LogP contribution in [-0.4, -0.2) is 39.0 Å². The van der Waals surface area contributed by atoms with Gasteiger partial charge in [-0.2, -0.15) is 4.68 Å². The number of hydrogen-bond acceptors (Lipinski definition) is 6. The van der Waals surface area contributed by atoms with Crippen LogP contribution in [0.1, 0.15) is 5.82 Å². The Kier molecular flexibility index (Phi) is 5.65. The summed E-state index contributed by atoms with van der Waals surface area (Å²) in [5.41, 5.74) is 1.10. The van der Waals surface area contributed by atoms with Gasteiger partial charge in [-0.1, -0.05) is 0 Å². The molecule has 0 bridgehead atoms. The molecular weight excluding hydrogens is 376 g/mol. The lowest BCUT2D eigenvalue weighted by atomic mass is 10.2. The summed E-state index contributed by atoms with van der Waals surface area (Å²) in [5, 5.41) is 14.1. The molecular formula is C17H15F2N5O2S. The number of ether oxygens (including phenoxy) is 1. The van der Waals surface area contributed by atoms with Gasteiger partial charge in [0.1, 0.15) is 11.4 Å². The molecule has 10 heteroatoms. The highest BCUT2D eigenvalue weighted by Crippen LogP contribution is 2.27. The standard InChI is InChI=1S/C17H15F2N5O2S/c1-10-21-22-23-24(10)15-7-11(3-6-16(15)26-2)20-17(25)9-27-12-4-5-13(18)14(19)8-12/h3-8H,9H2,1-2H3,(H,20,25). The van der Waals surface area contributed by atoms with Crippen LogP contribution in [0.15, 0.2) is 41.3 Å². The highest BCUT2D eigenvalue weighted by atomic mass is 32.2. The van der Waals surface area contributed by atoms with Crippen molar-refractivity contribution in [2.24, 2.45) is 0 Å². The average molecular weight is 391 g/mol. The van der Waals surface area contributed by atoms with Gasteiger partial charge >= 0.3 is 0 Å². The molecule has 140 valence electrons. The van der Waals surface area contributed by atoms with Crippen molar-refractivity contribution in [1.29, 1.82) is 0 Å². The number of halogens is 2. The van der Waals surface area contributed by atoms with Gasteiger partial charge in [-0.3, -0.25) is 4.79 Å². The molecule has 7 nitrogen and oxygen atoms in total. The van der Waals surface area contributed by atoms with E-state index in [2.05, 4.69) is 20.8 Å². The van der Waals surface area contributed by atoms with Crippen LogP contribution >= 0.6 is 11.8 Å². The molecule has 0 aliphatic carbocycles. The first kappa shape index (κ1) is 18.8. The fourth-order valence-electron chi connectivity index (χ4n) is 2.30. The number of hydrogen-bond donors (Lipinski definition) is 1. The molecule has 0 spiro atoms. The van der Waals surface area contributed by atoms with Crippen LogP contribution in [0.2, 0.25) is 0 Å². The number of nitrogens with zero attached hydrogens (tertiary/aromatic N) is 4. The van der Waals surface area contributed by atoms with Gasteiger partial charge in [-0.15, -0.1) is 16.9 Å². The number of nitrogens with one attached hydrogen (secondary N) is 1. The van der Waals surface area contributed by atoms with Crippen molar-refractivity contribution in [2.45, 2.75) is 11.8 Å². The zero-order valence-corrected chi connectivity index (χ0v) is 15.3. The van der Waals surface area contributed by atoms with Crippen LogP contribution in [-0.2, 0) is 4.79 Å². The number of aryl methyl sites for hydroxylation is 1. The highest BCUT2D eigenvalue weighted by molar-refractivity contribution is 8.00. The molecule has 2 aromatic carbocycles. The molecule has 0 saturated heterocycles. The molecule has 1 heterocycles. The number of tetrazole rings is 1. The minimum atomic E-state index is -0.947. The number of benzene rings is 2. The molecule has 0 aliphatic heterocycles. The van der Waals surface area contributed by atoms with Gasteiger partial charge in [0.25, 0.3) is 0 Å². The minimum absolute atomic E-state index is 0.0380. The summed E-state index contributed by atoms with van der Waals surface area (Å²) in [6.07, 6.45) is 0. The van der Waals surface area contributed by atoms with E-state index in [9.17, 15) is 13.6 Å². The molecule has 0 atom stereocenters. The zero-order chi connectivity index (χ0) is 19.4. The highest BCUT2D eigenvalue weighted by Gasteiger charge is 2.13. The molecule has 1 amide bonds. The SMILES string of the molecule is COc1ccc(NC(=O)CSc2ccc(F)c(F)c2)cc1-n1nnnc1C. The predicted molar refractivity (Wildman–Crippen MR) is 96.2 cm³/mol. The zero-order valence-electron chi connectivity index (χ0n) is 14.4. The van der Waals surface area contributed by atoms with E-state index in [0.717, 1.165) is 23.9 Å². The second-order valence-corrected chi connectivity index (χ2v) is 6.49. The average Bonchev–Trinajstić information content (AvgIpc) is 3.08. The summed E-state index contributed by atoms with van der Waals surface area (Å²) in [6, 6.07) is 8.56. The van der Waals surface area contributed by atoms with Gasteiger partial charge in [0.15, 0.2) is 17.5 Å². The third kappa shape index (κ3) is 4.40. The van der Waals surface area contributed by atoms with Crippen molar-refractivity contribution in [2.75, 3.05) is 18.2 Å². The molecule has 27 heavy (non-hydrogen) atoms. The van der Waals surface area contributed by atoms with Crippen molar-refractivity contribution in [3.05, 3.63) is 53.9 Å². The summed E-state index contributed by atoms with van der Waals surface area (Å²) in [6.45, 7) is 1.74. The maximum Gasteiger partial charge on any atom is 0.234 e. The van der Waals surface area contributed by atoms with Gasteiger partial charge in [0.2, 0.25) is 5.91 Å². The van der Waals surface area contributed by atoms with Gasteiger partial charge in [-0.05, 0) is 53.7 Å². The predicted octanol–water partition coefficient (Wildman–Crippen LogP) is 2.99. The van der Waals surface area contributed by atoms with Crippen molar-refractivity contribution in [1.82, 2.24) is 20.2 Å². The number of aromatic nitrogens is 4. The summed E-state index contributed by atoms with van der Waals surface area (Å²) >= 11 is 1.10. The van der Waals surface area contributed by atoms with Gasteiger partial charge in [0, 0.05) is 10.6 Å². The van der Waals surface area contributed by atoms with Gasteiger partial charge < -0.3 is 10.1 Å². The van der Waals surface area contributed by atoms with E-state index in [4.69, 9.17) is 4.74 Å². The summed E-state index contributed by atoms with van der Waals surface area (Å²) < 4.78 is 33.0. The van der Waals surface area contributed by atoms with E-state index in [-0.39, 0.29) is 11.7 Å². The van der Waals surface area contributed by atoms with E-state index in [1.54, 1.807) is 25.1 Å². The van der Waals surface area contributed by atoms with Crippen molar-refractivity contribution in [3.8, 4) is 11.4 Å². The topological polar surface area (TPSA) is 81.9 Å². The van der Waals surface area contributed by atoms with E-state index in [1.807, 2.05) is 0 Å². The van der Waals surface area contributed by atoms with Crippen molar-refractivity contribution in [3.63, 3.8) is 0 Å². The van der Waals surface area contributed by atoms with Gasteiger partial charge in [-0.25, -0.2) is 8.78 Å². The second-order valence-electron chi connectivity index (χ2n) is 5.44.